The number of fused-ring (bicyclic) bond motifs is 1. The molecule has 0 saturated carbocycles. The summed E-state index contributed by atoms with van der Waals surface area (Å²) in [4.78, 5) is 21.3. The van der Waals surface area contributed by atoms with Crippen LogP contribution in [-0.2, 0) is 13.1 Å². The number of aromatic nitrogens is 5. The number of hydrogen-bond donors (Lipinski definition) is 2. The number of anilines is 1. The van der Waals surface area contributed by atoms with Crippen LogP contribution in [0.3, 0.4) is 0 Å². The molecule has 0 aliphatic heterocycles. The van der Waals surface area contributed by atoms with Gasteiger partial charge in [0.15, 0.2) is 5.82 Å². The molecular weight excluding hydrogens is 330 g/mol. The van der Waals surface area contributed by atoms with E-state index in [1.54, 1.807) is 30.1 Å². The monoisotopic (exact) mass is 347 g/mol. The Morgan fingerprint density at radius 3 is 3.08 bits per heavy atom. The number of urea groups is 1. The lowest BCUT2D eigenvalue weighted by Crippen LogP contribution is -2.31. The first kappa shape index (κ1) is 16.3. The van der Waals surface area contributed by atoms with E-state index in [0.717, 1.165) is 24.0 Å². The van der Waals surface area contributed by atoms with Gasteiger partial charge >= 0.3 is 6.03 Å². The summed E-state index contributed by atoms with van der Waals surface area (Å²) in [6, 6.07) is 5.14. The molecule has 3 aromatic rings. The van der Waals surface area contributed by atoms with E-state index in [1.165, 1.54) is 4.90 Å². The smallest absolute Gasteiger partial charge is 0.323 e. The molecule has 126 valence electrons. The lowest BCUT2D eigenvalue weighted by atomic mass is 10.3. The lowest BCUT2D eigenvalue weighted by Gasteiger charge is -2.15. The first-order valence-corrected chi connectivity index (χ1v) is 7.99. The summed E-state index contributed by atoms with van der Waals surface area (Å²) >= 11 is 5.96. The quantitative estimate of drug-likeness (QED) is 0.742. The van der Waals surface area contributed by atoms with Gasteiger partial charge in [-0.1, -0.05) is 23.7 Å². The van der Waals surface area contributed by atoms with Crippen molar-refractivity contribution in [3.05, 3.63) is 35.2 Å². The van der Waals surface area contributed by atoms with Crippen molar-refractivity contribution in [2.24, 2.45) is 0 Å². The van der Waals surface area contributed by atoms with E-state index in [9.17, 15) is 4.79 Å². The Morgan fingerprint density at radius 2 is 2.29 bits per heavy atom. The number of aryl methyl sites for hydroxylation is 1. The average Bonchev–Trinajstić information content (AvgIpc) is 3.13. The van der Waals surface area contributed by atoms with Gasteiger partial charge < -0.3 is 9.88 Å². The number of aromatic amines is 1. The summed E-state index contributed by atoms with van der Waals surface area (Å²) in [5.74, 6) is 1.11. The van der Waals surface area contributed by atoms with Crippen LogP contribution in [0.15, 0.2) is 24.4 Å². The standard InChI is InChI=1S/C15H18ClN7O/c1-3-6-23-9-14(20-21-23)19-15(24)22(2)8-13-17-11-5-4-10(16)7-12(11)18-13/h4-5,7,9H,3,6,8H2,1-2H3,(H,17,18)(H,19,24). The number of imidazole rings is 1. The van der Waals surface area contributed by atoms with Crippen molar-refractivity contribution >= 4 is 34.5 Å². The van der Waals surface area contributed by atoms with Gasteiger partial charge in [-0.05, 0) is 24.6 Å². The van der Waals surface area contributed by atoms with E-state index in [1.807, 2.05) is 13.0 Å². The van der Waals surface area contributed by atoms with Crippen molar-refractivity contribution in [2.45, 2.75) is 26.4 Å². The van der Waals surface area contributed by atoms with Crippen molar-refractivity contribution < 1.29 is 4.79 Å². The van der Waals surface area contributed by atoms with Crippen LogP contribution in [0.1, 0.15) is 19.2 Å². The lowest BCUT2D eigenvalue weighted by molar-refractivity contribution is 0.219. The zero-order valence-corrected chi connectivity index (χ0v) is 14.2. The molecule has 2 aromatic heterocycles. The Labute approximate surface area is 143 Å². The number of carbonyl (C=O) groups excluding carboxylic acids is 1. The van der Waals surface area contributed by atoms with E-state index in [-0.39, 0.29) is 6.03 Å². The first-order valence-electron chi connectivity index (χ1n) is 7.61. The van der Waals surface area contributed by atoms with Crippen molar-refractivity contribution in [3.8, 4) is 0 Å². The summed E-state index contributed by atoms with van der Waals surface area (Å²) in [5.41, 5.74) is 1.65. The van der Waals surface area contributed by atoms with Crippen LogP contribution >= 0.6 is 11.6 Å². The fraction of sp³-hybridized carbons (Fsp3) is 0.333. The number of carbonyl (C=O) groups is 1. The van der Waals surface area contributed by atoms with Crippen LogP contribution in [0, 0.1) is 0 Å². The van der Waals surface area contributed by atoms with Gasteiger partial charge in [-0.3, -0.25) is 10.00 Å². The number of nitrogens with one attached hydrogen (secondary N) is 2. The van der Waals surface area contributed by atoms with Gasteiger partial charge in [0, 0.05) is 18.6 Å². The highest BCUT2D eigenvalue weighted by molar-refractivity contribution is 6.31. The maximum absolute atomic E-state index is 12.2. The van der Waals surface area contributed by atoms with E-state index < -0.39 is 0 Å². The number of H-pyrrole nitrogens is 1. The van der Waals surface area contributed by atoms with Gasteiger partial charge in [-0.25, -0.2) is 9.78 Å². The highest BCUT2D eigenvalue weighted by Gasteiger charge is 2.13. The molecule has 1 aromatic carbocycles. The molecule has 24 heavy (non-hydrogen) atoms. The van der Waals surface area contributed by atoms with Crippen LogP contribution in [0.4, 0.5) is 10.6 Å². The van der Waals surface area contributed by atoms with Crippen molar-refractivity contribution in [3.63, 3.8) is 0 Å². The Morgan fingerprint density at radius 1 is 1.46 bits per heavy atom. The molecule has 9 heteroatoms. The Bertz CT molecular complexity index is 857. The third kappa shape index (κ3) is 3.65. The maximum Gasteiger partial charge on any atom is 0.323 e. The minimum absolute atomic E-state index is 0.281. The highest BCUT2D eigenvalue weighted by Crippen LogP contribution is 2.17. The summed E-state index contributed by atoms with van der Waals surface area (Å²) in [6.45, 7) is 3.15. The molecule has 8 nitrogen and oxygen atoms in total. The summed E-state index contributed by atoms with van der Waals surface area (Å²) in [6.07, 6.45) is 2.66. The number of nitrogens with zero attached hydrogens (tertiary/aromatic N) is 5. The fourth-order valence-corrected chi connectivity index (χ4v) is 2.48. The summed E-state index contributed by atoms with van der Waals surface area (Å²) < 4.78 is 1.69. The van der Waals surface area contributed by atoms with Gasteiger partial charge in [0.25, 0.3) is 0 Å². The van der Waals surface area contributed by atoms with Crippen LogP contribution < -0.4 is 5.32 Å². The minimum Gasteiger partial charge on any atom is -0.340 e. The van der Waals surface area contributed by atoms with Crippen molar-refractivity contribution in [1.29, 1.82) is 0 Å². The van der Waals surface area contributed by atoms with E-state index in [0.29, 0.717) is 23.2 Å². The highest BCUT2D eigenvalue weighted by atomic mass is 35.5. The third-order valence-electron chi connectivity index (χ3n) is 3.45. The van der Waals surface area contributed by atoms with Crippen LogP contribution in [0.25, 0.3) is 11.0 Å². The number of benzene rings is 1. The second-order valence-corrected chi connectivity index (χ2v) is 5.93. The molecule has 2 amide bonds. The summed E-state index contributed by atoms with van der Waals surface area (Å²) in [7, 11) is 1.69. The first-order chi connectivity index (χ1) is 11.5. The topological polar surface area (TPSA) is 91.7 Å². The molecule has 2 heterocycles. The second-order valence-electron chi connectivity index (χ2n) is 5.50. The molecule has 0 saturated heterocycles. The van der Waals surface area contributed by atoms with Crippen molar-refractivity contribution in [2.75, 3.05) is 12.4 Å². The molecule has 3 rings (SSSR count). The largest absolute Gasteiger partial charge is 0.340 e. The summed E-state index contributed by atoms with van der Waals surface area (Å²) in [5, 5.41) is 11.2. The molecule has 0 unspecified atom stereocenters. The zero-order chi connectivity index (χ0) is 17.1. The normalized spacial score (nSPS) is 11.0. The number of halogens is 1. The Kier molecular flexibility index (Phi) is 4.66. The predicted octanol–water partition coefficient (Wildman–Crippen LogP) is 2.88. The molecule has 0 fully saturated rings. The van der Waals surface area contributed by atoms with E-state index in [2.05, 4.69) is 25.6 Å². The molecule has 0 atom stereocenters. The maximum atomic E-state index is 12.2. The van der Waals surface area contributed by atoms with Gasteiger partial charge in [0.2, 0.25) is 0 Å². The minimum atomic E-state index is -0.281. The predicted molar refractivity (Wildman–Crippen MR) is 91.9 cm³/mol. The van der Waals surface area contributed by atoms with Crippen LogP contribution in [0.5, 0.6) is 0 Å². The number of hydrogen-bond acceptors (Lipinski definition) is 4. The number of amides is 2. The second kappa shape index (κ2) is 6.88. The van der Waals surface area contributed by atoms with Crippen LogP contribution in [-0.4, -0.2) is 42.9 Å². The van der Waals surface area contributed by atoms with E-state index in [4.69, 9.17) is 11.6 Å². The molecular formula is C15H18ClN7O. The van der Waals surface area contributed by atoms with Gasteiger partial charge in [-0.15, -0.1) is 5.10 Å². The van der Waals surface area contributed by atoms with Gasteiger partial charge in [0.05, 0.1) is 23.8 Å². The number of rotatable bonds is 5. The molecule has 0 aliphatic rings. The van der Waals surface area contributed by atoms with Crippen molar-refractivity contribution in [1.82, 2.24) is 29.9 Å². The molecule has 0 aliphatic carbocycles. The van der Waals surface area contributed by atoms with Crippen LogP contribution in [0.2, 0.25) is 5.02 Å². The van der Waals surface area contributed by atoms with Gasteiger partial charge in [-0.2, -0.15) is 0 Å². The SMILES string of the molecule is CCCn1cc(NC(=O)N(C)Cc2nc3ccc(Cl)cc3[nH]2)nn1. The van der Waals surface area contributed by atoms with E-state index >= 15 is 0 Å². The molecule has 0 spiro atoms. The van der Waals surface area contributed by atoms with Gasteiger partial charge in [0.1, 0.15) is 5.82 Å². The average molecular weight is 348 g/mol. The Hall–Kier alpha value is -2.61. The molecule has 2 N–H and O–H groups in total. The zero-order valence-electron chi connectivity index (χ0n) is 13.5. The third-order valence-corrected chi connectivity index (χ3v) is 3.69. The fourth-order valence-electron chi connectivity index (χ4n) is 2.31. The molecule has 0 bridgehead atoms. The molecule has 0 radical (unpaired) electrons. The Balaban J connectivity index is 1.63.